The van der Waals surface area contributed by atoms with Crippen LogP contribution in [-0.2, 0) is 4.74 Å². The third-order valence-electron chi connectivity index (χ3n) is 4.68. The molecule has 1 aromatic carbocycles. The molecule has 24 heavy (non-hydrogen) atoms. The van der Waals surface area contributed by atoms with Crippen molar-refractivity contribution >= 4 is 11.8 Å². The molecule has 0 aliphatic heterocycles. The Bertz CT molecular complexity index is 462. The minimum atomic E-state index is -0.406. The Labute approximate surface area is 146 Å². The molecule has 0 aliphatic carbocycles. The Hall–Kier alpha value is -1.75. The van der Waals surface area contributed by atoms with Crippen LogP contribution < -0.4 is 10.1 Å². The summed E-state index contributed by atoms with van der Waals surface area (Å²) in [4.78, 5) is 11.9. The first-order valence-corrected chi connectivity index (χ1v) is 9.10. The highest BCUT2D eigenvalue weighted by Gasteiger charge is 2.20. The van der Waals surface area contributed by atoms with Gasteiger partial charge < -0.3 is 14.0 Å². The van der Waals surface area contributed by atoms with Crippen molar-refractivity contribution in [3.8, 4) is 5.75 Å². The maximum absolute atomic E-state index is 11.9. The number of carbonyl (C=O) groups excluding carboxylic acids is 1. The third kappa shape index (κ3) is 6.79. The summed E-state index contributed by atoms with van der Waals surface area (Å²) in [6, 6.07) is 7.37. The van der Waals surface area contributed by atoms with Crippen LogP contribution in [0.15, 0.2) is 24.3 Å². The van der Waals surface area contributed by atoms with Crippen molar-refractivity contribution in [2.75, 3.05) is 44.7 Å². The molecule has 136 valence electrons. The topological polar surface area (TPSA) is 47.6 Å². The van der Waals surface area contributed by atoms with Crippen molar-refractivity contribution in [3.63, 3.8) is 0 Å². The molecular formula is C19H33N2O3+. The van der Waals surface area contributed by atoms with Gasteiger partial charge in [-0.05, 0) is 51.5 Å². The molecule has 1 N–H and O–H groups in total. The lowest BCUT2D eigenvalue weighted by Gasteiger charge is -2.35. The zero-order valence-electron chi connectivity index (χ0n) is 15.6. The number of nitrogens with zero attached hydrogens (tertiary/aromatic N) is 1. The summed E-state index contributed by atoms with van der Waals surface area (Å²) in [5, 5.41) is 2.75. The van der Waals surface area contributed by atoms with Crippen LogP contribution in [0.3, 0.4) is 0 Å². The van der Waals surface area contributed by atoms with Crippen molar-refractivity contribution in [1.29, 1.82) is 0 Å². The van der Waals surface area contributed by atoms with Crippen molar-refractivity contribution in [1.82, 2.24) is 0 Å². The Morgan fingerprint density at radius 3 is 2.17 bits per heavy atom. The summed E-state index contributed by atoms with van der Waals surface area (Å²) in [6.07, 6.45) is 1.75. The van der Waals surface area contributed by atoms with Gasteiger partial charge in [-0.25, -0.2) is 4.79 Å². The number of unbranched alkanes of at least 4 members (excludes halogenated alkanes) is 1. The first-order chi connectivity index (χ1) is 11.6. The van der Waals surface area contributed by atoms with Crippen molar-refractivity contribution in [2.24, 2.45) is 0 Å². The maximum Gasteiger partial charge on any atom is 0.411 e. The van der Waals surface area contributed by atoms with Crippen LogP contribution in [0.4, 0.5) is 10.5 Å². The second-order valence-corrected chi connectivity index (χ2v) is 6.00. The monoisotopic (exact) mass is 337 g/mol. The normalized spacial score (nSPS) is 11.2. The third-order valence-corrected chi connectivity index (χ3v) is 4.68. The number of ether oxygens (including phenoxy) is 2. The molecule has 0 spiro atoms. The lowest BCUT2D eigenvalue weighted by Crippen LogP contribution is -2.49. The molecule has 0 saturated carbocycles. The van der Waals surface area contributed by atoms with Gasteiger partial charge in [-0.2, -0.15) is 0 Å². The first kappa shape index (κ1) is 20.3. The van der Waals surface area contributed by atoms with Crippen LogP contribution in [0.5, 0.6) is 5.75 Å². The predicted molar refractivity (Wildman–Crippen MR) is 98.6 cm³/mol. The number of nitrogens with one attached hydrogen (secondary N) is 1. The van der Waals surface area contributed by atoms with E-state index in [9.17, 15) is 4.79 Å². The summed E-state index contributed by atoms with van der Waals surface area (Å²) >= 11 is 0. The van der Waals surface area contributed by atoms with Gasteiger partial charge in [-0.3, -0.25) is 5.32 Å². The van der Waals surface area contributed by atoms with Gasteiger partial charge >= 0.3 is 6.09 Å². The molecule has 0 atom stereocenters. The Kier molecular flexibility index (Phi) is 9.23. The summed E-state index contributed by atoms with van der Waals surface area (Å²) in [5.74, 6) is 0.818. The van der Waals surface area contributed by atoms with Gasteiger partial charge in [0.15, 0.2) is 0 Å². The fourth-order valence-corrected chi connectivity index (χ4v) is 2.60. The van der Waals surface area contributed by atoms with Crippen LogP contribution >= 0.6 is 0 Å². The molecule has 0 unspecified atom stereocenters. The van der Waals surface area contributed by atoms with Gasteiger partial charge in [-0.15, -0.1) is 0 Å². The number of likely N-dealkylation sites (N-methyl/N-ethyl adjacent to an activating group) is 1. The van der Waals surface area contributed by atoms with Crippen LogP contribution in [0.2, 0.25) is 0 Å². The molecule has 0 saturated heterocycles. The summed E-state index contributed by atoms with van der Waals surface area (Å²) in [5.41, 5.74) is 0.713. The van der Waals surface area contributed by atoms with Crippen molar-refractivity contribution in [2.45, 2.75) is 40.5 Å². The first-order valence-electron chi connectivity index (χ1n) is 9.10. The number of carbonyl (C=O) groups is 1. The number of rotatable bonds is 11. The number of quaternary nitrogens is 1. The predicted octanol–water partition coefficient (Wildman–Crippen LogP) is 4.29. The fraction of sp³-hybridized carbons (Fsp3) is 0.632. The van der Waals surface area contributed by atoms with Gasteiger partial charge in [0, 0.05) is 5.69 Å². The van der Waals surface area contributed by atoms with E-state index in [2.05, 4.69) is 33.0 Å². The van der Waals surface area contributed by atoms with E-state index in [-0.39, 0.29) is 0 Å². The Morgan fingerprint density at radius 2 is 1.62 bits per heavy atom. The summed E-state index contributed by atoms with van der Waals surface area (Å²) < 4.78 is 11.9. The van der Waals surface area contributed by atoms with E-state index in [1.165, 1.54) is 0 Å². The molecule has 0 aromatic heterocycles. The second kappa shape index (κ2) is 10.9. The standard InChI is InChI=1S/C19H32N2O3/c1-5-9-15-23-18-12-10-17(11-13-18)20-19(22)24-16-14-21(6-2,7-3)8-4/h10-13H,5-9,14-16H2,1-4H3/p+1. The second-order valence-electron chi connectivity index (χ2n) is 6.00. The average molecular weight is 337 g/mol. The minimum Gasteiger partial charge on any atom is -0.494 e. The zero-order valence-corrected chi connectivity index (χ0v) is 15.6. The Balaban J connectivity index is 2.37. The molecule has 0 radical (unpaired) electrons. The number of benzene rings is 1. The number of anilines is 1. The van der Waals surface area contributed by atoms with Crippen molar-refractivity contribution < 1.29 is 18.8 Å². The molecule has 5 nitrogen and oxygen atoms in total. The van der Waals surface area contributed by atoms with Crippen LogP contribution in [0.25, 0.3) is 0 Å². The van der Waals surface area contributed by atoms with E-state index in [4.69, 9.17) is 9.47 Å². The molecule has 0 fully saturated rings. The number of hydrogen-bond acceptors (Lipinski definition) is 3. The molecular weight excluding hydrogens is 304 g/mol. The van der Waals surface area contributed by atoms with Crippen LogP contribution in [-0.4, -0.2) is 50.0 Å². The molecule has 5 heteroatoms. The average Bonchev–Trinajstić information content (AvgIpc) is 2.61. The quantitative estimate of drug-likeness (QED) is 0.484. The number of amides is 1. The highest BCUT2D eigenvalue weighted by atomic mass is 16.5. The van der Waals surface area contributed by atoms with E-state index < -0.39 is 6.09 Å². The van der Waals surface area contributed by atoms with Crippen LogP contribution in [0, 0.1) is 0 Å². The molecule has 0 heterocycles. The molecule has 1 aromatic rings. The van der Waals surface area contributed by atoms with Gasteiger partial charge in [0.1, 0.15) is 18.9 Å². The van der Waals surface area contributed by atoms with Crippen molar-refractivity contribution in [3.05, 3.63) is 24.3 Å². The molecule has 0 bridgehead atoms. The summed E-state index contributed by atoms with van der Waals surface area (Å²) in [6.45, 7) is 13.8. The maximum atomic E-state index is 11.9. The summed E-state index contributed by atoms with van der Waals surface area (Å²) in [7, 11) is 0. The zero-order chi connectivity index (χ0) is 17.8. The highest BCUT2D eigenvalue weighted by Crippen LogP contribution is 2.16. The van der Waals surface area contributed by atoms with E-state index in [1.54, 1.807) is 0 Å². The van der Waals surface area contributed by atoms with E-state index in [1.807, 2.05) is 24.3 Å². The lowest BCUT2D eigenvalue weighted by molar-refractivity contribution is -0.923. The smallest absolute Gasteiger partial charge is 0.411 e. The van der Waals surface area contributed by atoms with Gasteiger partial charge in [-0.1, -0.05) is 13.3 Å². The van der Waals surface area contributed by atoms with Gasteiger partial charge in [0.2, 0.25) is 0 Å². The highest BCUT2D eigenvalue weighted by molar-refractivity contribution is 5.84. The Morgan fingerprint density at radius 1 is 1.00 bits per heavy atom. The minimum absolute atomic E-state index is 0.406. The molecule has 1 amide bonds. The van der Waals surface area contributed by atoms with Gasteiger partial charge in [0.05, 0.1) is 26.2 Å². The fourth-order valence-electron chi connectivity index (χ4n) is 2.60. The van der Waals surface area contributed by atoms with E-state index in [0.29, 0.717) is 12.3 Å². The molecule has 1 rings (SSSR count). The van der Waals surface area contributed by atoms with Crippen LogP contribution in [0.1, 0.15) is 40.5 Å². The van der Waals surface area contributed by atoms with E-state index >= 15 is 0 Å². The van der Waals surface area contributed by atoms with Gasteiger partial charge in [0.25, 0.3) is 0 Å². The number of hydrogen-bond donors (Lipinski definition) is 1. The largest absolute Gasteiger partial charge is 0.494 e. The molecule has 0 aliphatic rings. The van der Waals surface area contributed by atoms with E-state index in [0.717, 1.165) is 55.9 Å². The SMILES string of the molecule is CCCCOc1ccc(NC(=O)OCC[N+](CC)(CC)CC)cc1. The lowest BCUT2D eigenvalue weighted by atomic mass is 10.3.